The van der Waals surface area contributed by atoms with E-state index in [1.807, 2.05) is 23.8 Å². The van der Waals surface area contributed by atoms with Crippen LogP contribution in [0.2, 0.25) is 0 Å². The lowest BCUT2D eigenvalue weighted by Crippen LogP contribution is -2.37. The zero-order valence-electron chi connectivity index (χ0n) is 16.5. The maximum atomic E-state index is 13.0. The molecule has 2 fully saturated rings. The maximum absolute atomic E-state index is 13.0. The number of amides is 1. The van der Waals surface area contributed by atoms with Gasteiger partial charge in [0.2, 0.25) is 0 Å². The third-order valence-corrected chi connectivity index (χ3v) is 7.20. The Morgan fingerprint density at radius 3 is 2.83 bits per heavy atom. The standard InChI is InChI=1S/C23H26N4OS/c28-22(21-7-4-10-24-21)27-12-19-11-26(13-20-14-29-17-25-20)15-23(19,16-27)9-8-18-5-2-1-3-6-18/h1-7,10,14,17,19,24H,8-9,11-13,15-16H2/t19-,23+/m0/s1. The van der Waals surface area contributed by atoms with Gasteiger partial charge in [0.25, 0.3) is 5.91 Å². The van der Waals surface area contributed by atoms with Crippen molar-refractivity contribution in [1.82, 2.24) is 19.8 Å². The monoisotopic (exact) mass is 406 g/mol. The Hall–Kier alpha value is -2.44. The van der Waals surface area contributed by atoms with E-state index >= 15 is 0 Å². The van der Waals surface area contributed by atoms with Crippen LogP contribution in [0, 0.1) is 11.3 Å². The van der Waals surface area contributed by atoms with Crippen molar-refractivity contribution in [1.29, 1.82) is 0 Å². The van der Waals surface area contributed by atoms with Crippen LogP contribution < -0.4 is 0 Å². The Morgan fingerprint density at radius 1 is 1.17 bits per heavy atom. The minimum atomic E-state index is 0.134. The van der Waals surface area contributed by atoms with Gasteiger partial charge in [-0.2, -0.15) is 0 Å². The molecule has 5 nitrogen and oxygen atoms in total. The number of aromatic amines is 1. The van der Waals surface area contributed by atoms with E-state index in [4.69, 9.17) is 0 Å². The molecule has 2 aromatic heterocycles. The van der Waals surface area contributed by atoms with E-state index in [9.17, 15) is 4.79 Å². The first-order valence-electron chi connectivity index (χ1n) is 10.3. The Kier molecular flexibility index (Phi) is 4.97. The number of carbonyl (C=O) groups is 1. The highest BCUT2D eigenvalue weighted by Crippen LogP contribution is 2.46. The molecule has 3 aromatic rings. The first kappa shape index (κ1) is 18.6. The topological polar surface area (TPSA) is 52.2 Å². The van der Waals surface area contributed by atoms with E-state index in [0.717, 1.165) is 51.3 Å². The zero-order valence-corrected chi connectivity index (χ0v) is 17.3. The van der Waals surface area contributed by atoms with Gasteiger partial charge in [-0.15, -0.1) is 11.3 Å². The number of nitrogens with zero attached hydrogens (tertiary/aromatic N) is 3. The van der Waals surface area contributed by atoms with Crippen molar-refractivity contribution < 1.29 is 4.79 Å². The highest BCUT2D eigenvalue weighted by atomic mass is 32.1. The van der Waals surface area contributed by atoms with Crippen molar-refractivity contribution in [3.8, 4) is 0 Å². The number of hydrogen-bond acceptors (Lipinski definition) is 4. The average molecular weight is 407 g/mol. The predicted octanol–water partition coefficient (Wildman–Crippen LogP) is 3.68. The number of aromatic nitrogens is 2. The number of carbonyl (C=O) groups excluding carboxylic acids is 1. The summed E-state index contributed by atoms with van der Waals surface area (Å²) in [5.74, 6) is 0.651. The van der Waals surface area contributed by atoms with Crippen LogP contribution in [-0.2, 0) is 13.0 Å². The fraction of sp³-hybridized carbons (Fsp3) is 0.391. The Morgan fingerprint density at radius 2 is 2.07 bits per heavy atom. The van der Waals surface area contributed by atoms with Gasteiger partial charge < -0.3 is 9.88 Å². The number of hydrogen-bond donors (Lipinski definition) is 1. The molecular formula is C23H26N4OS. The maximum Gasteiger partial charge on any atom is 0.270 e. The van der Waals surface area contributed by atoms with Gasteiger partial charge >= 0.3 is 0 Å². The third-order valence-electron chi connectivity index (χ3n) is 6.57. The van der Waals surface area contributed by atoms with Gasteiger partial charge in [-0.05, 0) is 36.5 Å². The van der Waals surface area contributed by atoms with Gasteiger partial charge in [0.05, 0.1) is 11.2 Å². The summed E-state index contributed by atoms with van der Waals surface area (Å²) in [6.07, 6.45) is 4.00. The molecule has 0 spiro atoms. The minimum Gasteiger partial charge on any atom is -0.357 e. The molecule has 2 atom stereocenters. The van der Waals surface area contributed by atoms with Crippen molar-refractivity contribution in [2.45, 2.75) is 19.4 Å². The van der Waals surface area contributed by atoms with Gasteiger partial charge in [0, 0.05) is 49.7 Å². The molecule has 2 saturated heterocycles. The van der Waals surface area contributed by atoms with Crippen molar-refractivity contribution >= 4 is 17.2 Å². The lowest BCUT2D eigenvalue weighted by molar-refractivity contribution is 0.0750. The molecule has 2 aliphatic heterocycles. The molecule has 2 aliphatic rings. The van der Waals surface area contributed by atoms with Crippen LogP contribution in [0.25, 0.3) is 0 Å². The molecule has 1 amide bonds. The number of thiazole rings is 1. The normalized spacial score (nSPS) is 24.1. The van der Waals surface area contributed by atoms with Crippen molar-refractivity contribution in [3.05, 3.63) is 76.5 Å². The summed E-state index contributed by atoms with van der Waals surface area (Å²) < 4.78 is 0. The van der Waals surface area contributed by atoms with Gasteiger partial charge in [0.1, 0.15) is 5.69 Å². The molecule has 1 N–H and O–H groups in total. The van der Waals surface area contributed by atoms with E-state index in [0.29, 0.717) is 11.6 Å². The lowest BCUT2D eigenvalue weighted by atomic mass is 9.76. The Labute approximate surface area is 175 Å². The highest BCUT2D eigenvalue weighted by molar-refractivity contribution is 7.07. The molecule has 0 bridgehead atoms. The van der Waals surface area contributed by atoms with E-state index in [-0.39, 0.29) is 11.3 Å². The third kappa shape index (κ3) is 3.74. The first-order chi connectivity index (χ1) is 14.2. The van der Waals surface area contributed by atoms with Gasteiger partial charge in [0.15, 0.2) is 0 Å². The fourth-order valence-corrected chi connectivity index (χ4v) is 5.69. The van der Waals surface area contributed by atoms with Gasteiger partial charge in [-0.25, -0.2) is 4.98 Å². The molecule has 4 heterocycles. The van der Waals surface area contributed by atoms with Crippen LogP contribution in [0.1, 0.15) is 28.2 Å². The molecule has 0 saturated carbocycles. The molecule has 150 valence electrons. The second kappa shape index (κ2) is 7.76. The number of likely N-dealkylation sites (tertiary alicyclic amines) is 2. The highest BCUT2D eigenvalue weighted by Gasteiger charge is 2.52. The average Bonchev–Trinajstić information content (AvgIpc) is 3.51. The van der Waals surface area contributed by atoms with E-state index < -0.39 is 0 Å². The van der Waals surface area contributed by atoms with Crippen molar-refractivity contribution in [2.24, 2.45) is 11.3 Å². The van der Waals surface area contributed by atoms with Crippen LogP contribution in [0.5, 0.6) is 0 Å². The number of rotatable bonds is 6. The largest absolute Gasteiger partial charge is 0.357 e. The molecule has 0 aliphatic carbocycles. The number of H-pyrrole nitrogens is 1. The smallest absolute Gasteiger partial charge is 0.270 e. The number of benzene rings is 1. The van der Waals surface area contributed by atoms with E-state index in [2.05, 4.69) is 55.5 Å². The zero-order chi connectivity index (χ0) is 19.7. The Bertz CT molecular complexity index is 941. The summed E-state index contributed by atoms with van der Waals surface area (Å²) in [6.45, 7) is 4.69. The number of fused-ring (bicyclic) bond motifs is 1. The lowest BCUT2D eigenvalue weighted by Gasteiger charge is -2.29. The van der Waals surface area contributed by atoms with Crippen LogP contribution >= 0.6 is 11.3 Å². The van der Waals surface area contributed by atoms with Crippen molar-refractivity contribution in [3.63, 3.8) is 0 Å². The first-order valence-corrected chi connectivity index (χ1v) is 11.2. The molecular weight excluding hydrogens is 380 g/mol. The predicted molar refractivity (Wildman–Crippen MR) is 115 cm³/mol. The SMILES string of the molecule is O=C(c1ccc[nH]1)N1C[C@@H]2CN(Cc3cscn3)C[C@]2(CCc2ccccc2)C1. The van der Waals surface area contributed by atoms with Gasteiger partial charge in [-0.3, -0.25) is 9.69 Å². The molecule has 0 unspecified atom stereocenters. The summed E-state index contributed by atoms with van der Waals surface area (Å²) >= 11 is 1.66. The second-order valence-electron chi connectivity index (χ2n) is 8.46. The summed E-state index contributed by atoms with van der Waals surface area (Å²) in [5.41, 5.74) is 5.31. The molecule has 29 heavy (non-hydrogen) atoms. The van der Waals surface area contributed by atoms with Crippen LogP contribution in [-0.4, -0.2) is 51.9 Å². The second-order valence-corrected chi connectivity index (χ2v) is 9.18. The Balaban J connectivity index is 1.34. The van der Waals surface area contributed by atoms with E-state index in [1.54, 1.807) is 11.3 Å². The number of aryl methyl sites for hydroxylation is 1. The molecule has 1 aromatic carbocycles. The van der Waals surface area contributed by atoms with Crippen molar-refractivity contribution in [2.75, 3.05) is 26.2 Å². The molecule has 6 heteroatoms. The summed E-state index contributed by atoms with van der Waals surface area (Å²) in [5, 5.41) is 2.14. The van der Waals surface area contributed by atoms with Crippen LogP contribution in [0.4, 0.5) is 0 Å². The van der Waals surface area contributed by atoms with E-state index in [1.165, 1.54) is 5.56 Å². The summed E-state index contributed by atoms with van der Waals surface area (Å²) in [4.78, 5) is 25.1. The van der Waals surface area contributed by atoms with Gasteiger partial charge in [-0.1, -0.05) is 30.3 Å². The molecule has 5 rings (SSSR count). The summed E-state index contributed by atoms with van der Waals surface area (Å²) in [7, 11) is 0. The fourth-order valence-electron chi connectivity index (χ4n) is 5.14. The van der Waals surface area contributed by atoms with Crippen LogP contribution in [0.3, 0.4) is 0 Å². The minimum absolute atomic E-state index is 0.134. The molecule has 0 radical (unpaired) electrons. The number of nitrogens with one attached hydrogen (secondary N) is 1. The summed E-state index contributed by atoms with van der Waals surface area (Å²) in [6, 6.07) is 14.5. The quantitative estimate of drug-likeness (QED) is 0.679. The van der Waals surface area contributed by atoms with Crippen LogP contribution in [0.15, 0.2) is 59.6 Å².